The van der Waals surface area contributed by atoms with Gasteiger partial charge in [-0.3, -0.25) is 0 Å². The number of nitrogens with one attached hydrogen (secondary N) is 1. The van der Waals surface area contributed by atoms with Crippen LogP contribution in [0.3, 0.4) is 0 Å². The van der Waals surface area contributed by atoms with Crippen LogP contribution in [0.25, 0.3) is 0 Å². The fourth-order valence-electron chi connectivity index (χ4n) is 1.76. The SMILES string of the molecule is CC(Nc1c(F)cc(F)cc1Cl)c1ccc(Cl)c(F)c1. The quantitative estimate of drug-likeness (QED) is 0.778. The number of halogens is 5. The van der Waals surface area contributed by atoms with E-state index in [9.17, 15) is 13.2 Å². The van der Waals surface area contributed by atoms with Gasteiger partial charge in [-0.2, -0.15) is 0 Å². The van der Waals surface area contributed by atoms with Crippen LogP contribution in [0.5, 0.6) is 0 Å². The van der Waals surface area contributed by atoms with Crippen LogP contribution < -0.4 is 5.32 Å². The molecule has 2 aromatic rings. The van der Waals surface area contributed by atoms with Crippen LogP contribution in [0, 0.1) is 17.5 Å². The van der Waals surface area contributed by atoms with Crippen LogP contribution in [-0.4, -0.2) is 0 Å². The van der Waals surface area contributed by atoms with Crippen molar-refractivity contribution in [3.8, 4) is 0 Å². The summed E-state index contributed by atoms with van der Waals surface area (Å²) in [6.45, 7) is 1.70. The molecular weight excluding hydrogens is 310 g/mol. The Morgan fingerprint density at radius 3 is 2.25 bits per heavy atom. The van der Waals surface area contributed by atoms with E-state index in [-0.39, 0.29) is 15.7 Å². The Morgan fingerprint density at radius 2 is 1.65 bits per heavy atom. The Balaban J connectivity index is 2.27. The molecule has 0 radical (unpaired) electrons. The summed E-state index contributed by atoms with van der Waals surface area (Å²) >= 11 is 11.4. The maximum Gasteiger partial charge on any atom is 0.150 e. The van der Waals surface area contributed by atoms with Crippen molar-refractivity contribution in [1.82, 2.24) is 0 Å². The Bertz CT molecular complexity index is 623. The van der Waals surface area contributed by atoms with Gasteiger partial charge in [-0.1, -0.05) is 29.3 Å². The molecule has 0 bridgehead atoms. The number of anilines is 1. The molecule has 1 N–H and O–H groups in total. The predicted molar refractivity (Wildman–Crippen MR) is 74.8 cm³/mol. The molecule has 2 rings (SSSR count). The zero-order valence-corrected chi connectivity index (χ0v) is 11.9. The minimum Gasteiger partial charge on any atom is -0.375 e. The van der Waals surface area contributed by atoms with Gasteiger partial charge in [-0.25, -0.2) is 13.2 Å². The molecule has 20 heavy (non-hydrogen) atoms. The van der Waals surface area contributed by atoms with Gasteiger partial charge in [0.2, 0.25) is 0 Å². The molecular formula is C14H10Cl2F3N. The van der Waals surface area contributed by atoms with Crippen molar-refractivity contribution in [2.24, 2.45) is 0 Å². The summed E-state index contributed by atoms with van der Waals surface area (Å²) in [4.78, 5) is 0. The van der Waals surface area contributed by atoms with E-state index in [1.165, 1.54) is 12.1 Å². The zero-order valence-electron chi connectivity index (χ0n) is 10.4. The topological polar surface area (TPSA) is 12.0 Å². The highest BCUT2D eigenvalue weighted by Gasteiger charge is 2.14. The Hall–Kier alpha value is -1.39. The van der Waals surface area contributed by atoms with Crippen LogP contribution in [0.2, 0.25) is 10.0 Å². The first-order chi connectivity index (χ1) is 9.38. The third kappa shape index (κ3) is 3.19. The highest BCUT2D eigenvalue weighted by molar-refractivity contribution is 6.33. The van der Waals surface area contributed by atoms with Crippen LogP contribution in [0.15, 0.2) is 30.3 Å². The lowest BCUT2D eigenvalue weighted by atomic mass is 10.1. The third-order valence-corrected chi connectivity index (χ3v) is 3.42. The summed E-state index contributed by atoms with van der Waals surface area (Å²) in [6, 6.07) is 5.56. The van der Waals surface area contributed by atoms with Crippen LogP contribution in [-0.2, 0) is 0 Å². The monoisotopic (exact) mass is 319 g/mol. The third-order valence-electron chi connectivity index (χ3n) is 2.81. The molecule has 0 aliphatic rings. The summed E-state index contributed by atoms with van der Waals surface area (Å²) in [5.74, 6) is -2.14. The van der Waals surface area contributed by atoms with Crippen molar-refractivity contribution >= 4 is 28.9 Å². The smallest absolute Gasteiger partial charge is 0.150 e. The van der Waals surface area contributed by atoms with Gasteiger partial charge >= 0.3 is 0 Å². The molecule has 106 valence electrons. The van der Waals surface area contributed by atoms with Crippen molar-refractivity contribution in [2.75, 3.05) is 5.32 Å². The van der Waals surface area contributed by atoms with Gasteiger partial charge in [0.1, 0.15) is 11.6 Å². The largest absolute Gasteiger partial charge is 0.375 e. The fourth-order valence-corrected chi connectivity index (χ4v) is 2.13. The molecule has 0 saturated heterocycles. The second-order valence-corrected chi connectivity index (χ2v) is 5.10. The van der Waals surface area contributed by atoms with Crippen molar-refractivity contribution in [1.29, 1.82) is 0 Å². The highest BCUT2D eigenvalue weighted by Crippen LogP contribution is 2.30. The Kier molecular flexibility index (Phi) is 4.45. The molecule has 1 nitrogen and oxygen atoms in total. The second-order valence-electron chi connectivity index (χ2n) is 4.28. The molecule has 1 unspecified atom stereocenters. The van der Waals surface area contributed by atoms with Crippen LogP contribution >= 0.6 is 23.2 Å². The standard InChI is InChI=1S/C14H10Cl2F3N/c1-7(8-2-3-10(15)12(18)4-8)20-14-11(16)5-9(17)6-13(14)19/h2-7,20H,1H3. The molecule has 0 saturated carbocycles. The summed E-state index contributed by atoms with van der Waals surface area (Å²) in [6.07, 6.45) is 0. The van der Waals surface area contributed by atoms with E-state index in [1.54, 1.807) is 13.0 Å². The van der Waals surface area contributed by atoms with E-state index in [0.29, 0.717) is 5.56 Å². The number of rotatable bonds is 3. The molecule has 2 aromatic carbocycles. The molecule has 0 aliphatic heterocycles. The fraction of sp³-hybridized carbons (Fsp3) is 0.143. The molecule has 0 aliphatic carbocycles. The summed E-state index contributed by atoms with van der Waals surface area (Å²) in [5.41, 5.74) is 0.530. The molecule has 6 heteroatoms. The molecule has 0 fully saturated rings. The maximum atomic E-state index is 13.6. The van der Waals surface area contributed by atoms with E-state index in [4.69, 9.17) is 23.2 Å². The lowest BCUT2D eigenvalue weighted by molar-refractivity contribution is 0.584. The molecule has 0 amide bonds. The first-order valence-corrected chi connectivity index (χ1v) is 6.50. The van der Waals surface area contributed by atoms with E-state index in [2.05, 4.69) is 5.32 Å². The molecule has 0 spiro atoms. The van der Waals surface area contributed by atoms with E-state index in [1.807, 2.05) is 0 Å². The van der Waals surface area contributed by atoms with E-state index >= 15 is 0 Å². The lowest BCUT2D eigenvalue weighted by Crippen LogP contribution is -2.09. The molecule has 0 aromatic heterocycles. The number of hydrogen-bond donors (Lipinski definition) is 1. The average molecular weight is 320 g/mol. The molecule has 0 heterocycles. The zero-order chi connectivity index (χ0) is 14.9. The lowest BCUT2D eigenvalue weighted by Gasteiger charge is -2.17. The van der Waals surface area contributed by atoms with Gasteiger partial charge in [0.05, 0.1) is 15.7 Å². The summed E-state index contributed by atoms with van der Waals surface area (Å²) in [5, 5.41) is 2.71. The van der Waals surface area contributed by atoms with Crippen LogP contribution in [0.1, 0.15) is 18.5 Å². The van der Waals surface area contributed by atoms with Crippen molar-refractivity contribution < 1.29 is 13.2 Å². The predicted octanol–water partition coefficient (Wildman–Crippen LogP) is 5.58. The highest BCUT2D eigenvalue weighted by atomic mass is 35.5. The van der Waals surface area contributed by atoms with Crippen molar-refractivity contribution in [2.45, 2.75) is 13.0 Å². The normalized spacial score (nSPS) is 12.3. The minimum absolute atomic E-state index is 0.00643. The van der Waals surface area contributed by atoms with Gasteiger partial charge < -0.3 is 5.32 Å². The van der Waals surface area contributed by atoms with Crippen molar-refractivity contribution in [3.63, 3.8) is 0 Å². The first-order valence-electron chi connectivity index (χ1n) is 5.74. The summed E-state index contributed by atoms with van der Waals surface area (Å²) < 4.78 is 40.0. The van der Waals surface area contributed by atoms with Gasteiger partial charge in [0.25, 0.3) is 0 Å². The van der Waals surface area contributed by atoms with Crippen LogP contribution in [0.4, 0.5) is 18.9 Å². The Labute approximate surface area is 124 Å². The van der Waals surface area contributed by atoms with Gasteiger partial charge in [0, 0.05) is 12.1 Å². The number of hydrogen-bond acceptors (Lipinski definition) is 1. The van der Waals surface area contributed by atoms with Gasteiger partial charge in [-0.05, 0) is 30.7 Å². The van der Waals surface area contributed by atoms with Crippen molar-refractivity contribution in [3.05, 3.63) is 63.4 Å². The van der Waals surface area contributed by atoms with E-state index < -0.39 is 23.5 Å². The summed E-state index contributed by atoms with van der Waals surface area (Å²) in [7, 11) is 0. The van der Waals surface area contributed by atoms with Gasteiger partial charge in [-0.15, -0.1) is 0 Å². The first kappa shape index (κ1) is 15.0. The van der Waals surface area contributed by atoms with Gasteiger partial charge in [0.15, 0.2) is 5.82 Å². The Morgan fingerprint density at radius 1 is 0.950 bits per heavy atom. The number of benzene rings is 2. The second kappa shape index (κ2) is 5.94. The average Bonchev–Trinajstić information content (AvgIpc) is 2.36. The van der Waals surface area contributed by atoms with E-state index in [0.717, 1.165) is 12.1 Å². The molecule has 1 atom stereocenters. The maximum absolute atomic E-state index is 13.6. The minimum atomic E-state index is -0.809.